The van der Waals surface area contributed by atoms with E-state index in [-0.39, 0.29) is 4.21 Å². The Hall–Kier alpha value is -2.38. The van der Waals surface area contributed by atoms with Crippen LogP contribution in [0, 0.1) is 6.92 Å². The zero-order valence-electron chi connectivity index (χ0n) is 14.0. The predicted octanol–water partition coefficient (Wildman–Crippen LogP) is 4.56. The van der Waals surface area contributed by atoms with E-state index in [0.29, 0.717) is 11.5 Å². The molecule has 0 atom stereocenters. The smallest absolute Gasteiger partial charge is 0.271 e. The van der Waals surface area contributed by atoms with Crippen LogP contribution < -0.4 is 10.0 Å². The lowest BCUT2D eigenvalue weighted by Gasteiger charge is -2.14. The first kappa shape index (κ1) is 17.4. The first-order valence-corrected chi connectivity index (χ1v) is 10.2. The van der Waals surface area contributed by atoms with Gasteiger partial charge in [-0.05, 0) is 48.1 Å². The molecule has 3 rings (SSSR count). The number of hydrogen-bond donors (Lipinski definition) is 2. The minimum Gasteiger partial charge on any atom is -0.340 e. The number of anilines is 3. The minimum absolute atomic E-state index is 0.280. The Morgan fingerprint density at radius 2 is 1.96 bits per heavy atom. The molecule has 0 fully saturated rings. The van der Waals surface area contributed by atoms with Crippen LogP contribution in [0.25, 0.3) is 0 Å². The highest BCUT2D eigenvalue weighted by atomic mass is 32.2. The minimum atomic E-state index is -3.55. The van der Waals surface area contributed by atoms with E-state index in [4.69, 9.17) is 0 Å². The first-order chi connectivity index (χ1) is 12.0. The summed E-state index contributed by atoms with van der Waals surface area (Å²) in [5.41, 5.74) is 3.83. The Kier molecular flexibility index (Phi) is 5.06. The van der Waals surface area contributed by atoms with E-state index >= 15 is 0 Å². The molecule has 7 heteroatoms. The quantitative estimate of drug-likeness (QED) is 0.664. The molecule has 0 aliphatic rings. The van der Waals surface area contributed by atoms with Gasteiger partial charge in [-0.15, -0.1) is 11.3 Å². The summed E-state index contributed by atoms with van der Waals surface area (Å²) in [5, 5.41) is 5.05. The van der Waals surface area contributed by atoms with Gasteiger partial charge in [0.15, 0.2) is 0 Å². The molecule has 0 spiro atoms. The van der Waals surface area contributed by atoms with E-state index in [0.717, 1.165) is 17.7 Å². The summed E-state index contributed by atoms with van der Waals surface area (Å²) < 4.78 is 27.3. The van der Waals surface area contributed by atoms with Crippen LogP contribution in [-0.4, -0.2) is 13.4 Å². The van der Waals surface area contributed by atoms with Crippen molar-refractivity contribution in [2.75, 3.05) is 10.0 Å². The van der Waals surface area contributed by atoms with Crippen LogP contribution in [0.3, 0.4) is 0 Å². The average molecular weight is 374 g/mol. The summed E-state index contributed by atoms with van der Waals surface area (Å²) in [7, 11) is -3.55. The van der Waals surface area contributed by atoms with E-state index in [1.165, 1.54) is 23.1 Å². The zero-order valence-corrected chi connectivity index (χ0v) is 15.6. The summed E-state index contributed by atoms with van der Waals surface area (Å²) in [6, 6.07) is 12.9. The highest BCUT2D eigenvalue weighted by Crippen LogP contribution is 2.25. The maximum atomic E-state index is 12.2. The molecule has 0 amide bonds. The van der Waals surface area contributed by atoms with Crippen LogP contribution in [0.4, 0.5) is 17.2 Å². The van der Waals surface area contributed by atoms with E-state index in [1.807, 2.05) is 19.1 Å². The molecule has 25 heavy (non-hydrogen) atoms. The molecule has 0 saturated carbocycles. The van der Waals surface area contributed by atoms with Gasteiger partial charge in [-0.2, -0.15) is 0 Å². The molecule has 2 aromatic heterocycles. The average Bonchev–Trinajstić information content (AvgIpc) is 3.13. The zero-order chi connectivity index (χ0) is 17.9. The maximum absolute atomic E-state index is 12.2. The predicted molar refractivity (Wildman–Crippen MR) is 103 cm³/mol. The fourth-order valence-corrected chi connectivity index (χ4v) is 4.52. The lowest BCUT2D eigenvalue weighted by molar-refractivity contribution is 0.603. The van der Waals surface area contributed by atoms with E-state index in [2.05, 4.69) is 28.0 Å². The number of thiophene rings is 1. The molecule has 130 valence electrons. The molecular weight excluding hydrogens is 354 g/mol. The van der Waals surface area contributed by atoms with Gasteiger partial charge in [-0.1, -0.05) is 31.2 Å². The van der Waals surface area contributed by atoms with E-state index < -0.39 is 10.0 Å². The van der Waals surface area contributed by atoms with Crippen molar-refractivity contribution >= 4 is 38.6 Å². The molecule has 5 nitrogen and oxygen atoms in total. The van der Waals surface area contributed by atoms with Gasteiger partial charge in [0, 0.05) is 5.69 Å². The second-order valence-electron chi connectivity index (χ2n) is 5.56. The summed E-state index contributed by atoms with van der Waals surface area (Å²) >= 11 is 1.18. The third-order valence-electron chi connectivity index (χ3n) is 3.77. The lowest BCUT2D eigenvalue weighted by Crippen LogP contribution is -2.11. The van der Waals surface area contributed by atoms with Crippen molar-refractivity contribution in [2.24, 2.45) is 0 Å². The highest BCUT2D eigenvalue weighted by Gasteiger charge is 2.15. The standard InChI is InChI=1S/C18H19N3O2S2/c1-3-14-7-4-6-13(2)18(14)20-16-10-9-15(12-19-16)21-25(22,23)17-8-5-11-24-17/h4-12,21H,3H2,1-2H3,(H,19,20). The fraction of sp³-hybridized carbons (Fsp3) is 0.167. The number of nitrogens with one attached hydrogen (secondary N) is 2. The van der Waals surface area contributed by atoms with Crippen LogP contribution in [0.15, 0.2) is 58.3 Å². The number of hydrogen-bond acceptors (Lipinski definition) is 5. The molecule has 0 saturated heterocycles. The number of para-hydroxylation sites is 1. The maximum Gasteiger partial charge on any atom is 0.271 e. The second-order valence-corrected chi connectivity index (χ2v) is 8.41. The third kappa shape index (κ3) is 4.00. The van der Waals surface area contributed by atoms with Crippen LogP contribution in [0.1, 0.15) is 18.1 Å². The van der Waals surface area contributed by atoms with Gasteiger partial charge < -0.3 is 5.32 Å². The third-order valence-corrected chi connectivity index (χ3v) is 6.55. The van der Waals surface area contributed by atoms with Crippen LogP contribution in [0.2, 0.25) is 0 Å². The molecule has 0 aliphatic heterocycles. The number of pyridine rings is 1. The number of benzene rings is 1. The van der Waals surface area contributed by atoms with Gasteiger partial charge in [0.1, 0.15) is 10.0 Å². The normalized spacial score (nSPS) is 11.3. The second kappa shape index (κ2) is 7.25. The van der Waals surface area contributed by atoms with Crippen LogP contribution in [-0.2, 0) is 16.4 Å². The van der Waals surface area contributed by atoms with E-state index in [1.54, 1.807) is 29.6 Å². The number of aryl methyl sites for hydroxylation is 2. The first-order valence-electron chi connectivity index (χ1n) is 7.87. The molecule has 2 heterocycles. The monoisotopic (exact) mass is 373 g/mol. The molecule has 0 unspecified atom stereocenters. The SMILES string of the molecule is CCc1cccc(C)c1Nc1ccc(NS(=O)(=O)c2cccs2)cn1. The molecule has 0 aliphatic carbocycles. The summed E-state index contributed by atoms with van der Waals surface area (Å²) in [6.45, 7) is 4.15. The van der Waals surface area contributed by atoms with Gasteiger partial charge >= 0.3 is 0 Å². The molecule has 2 N–H and O–H groups in total. The summed E-state index contributed by atoms with van der Waals surface area (Å²) in [5.74, 6) is 0.670. The van der Waals surface area contributed by atoms with Crippen molar-refractivity contribution in [1.29, 1.82) is 0 Å². The lowest BCUT2D eigenvalue weighted by atomic mass is 10.1. The Morgan fingerprint density at radius 3 is 2.60 bits per heavy atom. The molecule has 3 aromatic rings. The molecule has 0 radical (unpaired) electrons. The number of rotatable bonds is 6. The van der Waals surface area contributed by atoms with Gasteiger partial charge in [0.05, 0.1) is 11.9 Å². The van der Waals surface area contributed by atoms with Crippen molar-refractivity contribution in [3.05, 3.63) is 65.2 Å². The number of aromatic nitrogens is 1. The fourth-order valence-electron chi connectivity index (χ4n) is 2.48. The van der Waals surface area contributed by atoms with Gasteiger partial charge in [0.25, 0.3) is 10.0 Å². The van der Waals surface area contributed by atoms with Crippen molar-refractivity contribution in [2.45, 2.75) is 24.5 Å². The Labute approximate surface area is 151 Å². The van der Waals surface area contributed by atoms with Crippen LogP contribution >= 0.6 is 11.3 Å². The van der Waals surface area contributed by atoms with E-state index in [9.17, 15) is 8.42 Å². The topological polar surface area (TPSA) is 71.1 Å². The summed E-state index contributed by atoms with van der Waals surface area (Å²) in [6.07, 6.45) is 2.43. The Balaban J connectivity index is 1.78. The molecule has 0 bridgehead atoms. The number of nitrogens with zero attached hydrogens (tertiary/aromatic N) is 1. The molecular formula is C18H19N3O2S2. The van der Waals surface area contributed by atoms with Crippen molar-refractivity contribution < 1.29 is 8.42 Å². The van der Waals surface area contributed by atoms with Crippen LogP contribution in [0.5, 0.6) is 0 Å². The largest absolute Gasteiger partial charge is 0.340 e. The molecule has 1 aromatic carbocycles. The summed E-state index contributed by atoms with van der Waals surface area (Å²) in [4.78, 5) is 4.32. The van der Waals surface area contributed by atoms with Crippen molar-refractivity contribution in [1.82, 2.24) is 4.98 Å². The Morgan fingerprint density at radius 1 is 1.12 bits per heavy atom. The Bertz CT molecular complexity index is 950. The number of sulfonamides is 1. The van der Waals surface area contributed by atoms with Gasteiger partial charge in [-0.25, -0.2) is 13.4 Å². The van der Waals surface area contributed by atoms with Crippen molar-refractivity contribution in [3.8, 4) is 0 Å². The highest BCUT2D eigenvalue weighted by molar-refractivity contribution is 7.94. The van der Waals surface area contributed by atoms with Gasteiger partial charge in [0.2, 0.25) is 0 Å². The van der Waals surface area contributed by atoms with Crippen molar-refractivity contribution in [3.63, 3.8) is 0 Å². The van der Waals surface area contributed by atoms with Gasteiger partial charge in [-0.3, -0.25) is 4.72 Å².